The summed E-state index contributed by atoms with van der Waals surface area (Å²) in [7, 11) is 0. The van der Waals surface area contributed by atoms with Crippen molar-refractivity contribution in [1.82, 2.24) is 0 Å². The van der Waals surface area contributed by atoms with E-state index in [-0.39, 0.29) is 11.2 Å². The lowest BCUT2D eigenvalue weighted by Crippen LogP contribution is -2.17. The van der Waals surface area contributed by atoms with Gasteiger partial charge in [-0.1, -0.05) is 19.9 Å². The normalized spacial score (nSPS) is 19.2. The van der Waals surface area contributed by atoms with Crippen molar-refractivity contribution >= 4 is 22.1 Å². The summed E-state index contributed by atoms with van der Waals surface area (Å²) in [5.41, 5.74) is 1.31. The van der Waals surface area contributed by atoms with Gasteiger partial charge in [0.05, 0.1) is 4.47 Å². The maximum Gasteiger partial charge on any atom is 0.573 e. The van der Waals surface area contributed by atoms with Gasteiger partial charge in [0.25, 0.3) is 0 Å². The van der Waals surface area contributed by atoms with E-state index in [1.54, 1.807) is 12.1 Å². The Hall–Kier alpha value is -1.44. The van der Waals surface area contributed by atoms with E-state index in [1.807, 2.05) is 0 Å². The number of carbonyl (C=O) groups is 1. The number of hydrogen-bond acceptors (Lipinski definition) is 2. The highest BCUT2D eigenvalue weighted by molar-refractivity contribution is 9.10. The summed E-state index contributed by atoms with van der Waals surface area (Å²) < 4.78 is 40.5. The molecule has 1 saturated carbocycles. The summed E-state index contributed by atoms with van der Waals surface area (Å²) >= 11 is 3.11. The van der Waals surface area contributed by atoms with Crippen LogP contribution in [0.5, 0.6) is 5.75 Å². The van der Waals surface area contributed by atoms with Crippen LogP contribution in [0.25, 0.3) is 0 Å². The highest BCUT2D eigenvalue weighted by atomic mass is 79.9. The first kappa shape index (κ1) is 17.6. The molecule has 1 aromatic carbocycles. The van der Waals surface area contributed by atoms with Gasteiger partial charge in [0.1, 0.15) is 5.75 Å². The van der Waals surface area contributed by atoms with Crippen LogP contribution in [-0.4, -0.2) is 22.7 Å². The van der Waals surface area contributed by atoms with Crippen molar-refractivity contribution in [2.45, 2.75) is 32.5 Å². The van der Waals surface area contributed by atoms with E-state index in [4.69, 9.17) is 15.0 Å². The fraction of sp³-hybridized carbons (Fsp3) is 0.462. The minimum Gasteiger partial charge on any atom is -0.450 e. The monoisotopic (exact) mass is 370 g/mol. The summed E-state index contributed by atoms with van der Waals surface area (Å²) in [6.07, 6.45) is -5.41. The Morgan fingerprint density at radius 1 is 1.38 bits per heavy atom. The molecule has 21 heavy (non-hydrogen) atoms. The third-order valence-corrected chi connectivity index (χ3v) is 3.72. The van der Waals surface area contributed by atoms with Crippen molar-refractivity contribution in [2.75, 3.05) is 0 Å². The van der Waals surface area contributed by atoms with Crippen molar-refractivity contribution in [1.29, 1.82) is 0 Å². The van der Waals surface area contributed by atoms with Crippen molar-refractivity contribution in [3.63, 3.8) is 0 Å². The second-order valence-electron chi connectivity index (χ2n) is 5.27. The van der Waals surface area contributed by atoms with Gasteiger partial charge in [-0.25, -0.2) is 4.79 Å². The molecule has 1 fully saturated rings. The maximum absolute atomic E-state index is 12.1. The highest BCUT2D eigenvalue weighted by Crippen LogP contribution is 2.59. The Morgan fingerprint density at radius 2 is 1.86 bits per heavy atom. The number of halogens is 4. The second-order valence-corrected chi connectivity index (χ2v) is 6.12. The average molecular weight is 371 g/mol. The summed E-state index contributed by atoms with van der Waals surface area (Å²) in [6.45, 7) is 4.29. The summed E-state index contributed by atoms with van der Waals surface area (Å²) in [5.74, 6) is 0.235. The first-order valence-electron chi connectivity index (χ1n) is 5.89. The Morgan fingerprint density at radius 3 is 2.19 bits per heavy atom. The molecule has 1 aromatic rings. The van der Waals surface area contributed by atoms with Crippen LogP contribution >= 0.6 is 15.9 Å². The number of ether oxygens (including phenoxy) is 1. The Bertz CT molecular complexity index is 525. The Balaban J connectivity index is 0.000000491. The number of carboxylic acid groups (broad SMARTS) is 2. The van der Waals surface area contributed by atoms with Gasteiger partial charge in [0.15, 0.2) is 0 Å². The molecule has 2 rings (SSSR count). The van der Waals surface area contributed by atoms with Crippen molar-refractivity contribution in [2.24, 2.45) is 5.41 Å². The zero-order chi connectivity index (χ0) is 16.4. The van der Waals surface area contributed by atoms with E-state index in [9.17, 15) is 13.2 Å². The van der Waals surface area contributed by atoms with Crippen LogP contribution in [0.2, 0.25) is 0 Å². The first-order chi connectivity index (χ1) is 9.42. The molecule has 0 aliphatic heterocycles. The molecule has 1 atom stereocenters. The highest BCUT2D eigenvalue weighted by Gasteiger charge is 2.46. The fourth-order valence-electron chi connectivity index (χ4n) is 1.98. The molecule has 0 radical (unpaired) electrons. The van der Waals surface area contributed by atoms with Gasteiger partial charge in [-0.2, -0.15) is 0 Å². The number of alkyl halides is 3. The van der Waals surface area contributed by atoms with Crippen molar-refractivity contribution in [3.05, 3.63) is 28.2 Å². The number of benzene rings is 1. The summed E-state index contributed by atoms with van der Waals surface area (Å²) in [5, 5.41) is 13.9. The zero-order valence-electron chi connectivity index (χ0n) is 11.2. The minimum absolute atomic E-state index is 0.195. The topological polar surface area (TPSA) is 66.8 Å². The van der Waals surface area contributed by atoms with Crippen LogP contribution in [0.1, 0.15) is 31.7 Å². The third-order valence-electron chi connectivity index (χ3n) is 3.10. The van der Waals surface area contributed by atoms with E-state index in [2.05, 4.69) is 34.5 Å². The van der Waals surface area contributed by atoms with Gasteiger partial charge in [-0.05, 0) is 51.4 Å². The molecule has 0 heterocycles. The van der Waals surface area contributed by atoms with Gasteiger partial charge in [-0.3, -0.25) is 0 Å². The van der Waals surface area contributed by atoms with E-state index in [0.29, 0.717) is 10.4 Å². The SMILES string of the molecule is CC1(C)CC1c1ccc(OC(F)(F)F)c(Br)c1.O=C(O)O. The van der Waals surface area contributed by atoms with Gasteiger partial charge < -0.3 is 14.9 Å². The van der Waals surface area contributed by atoms with Crippen molar-refractivity contribution < 1.29 is 32.9 Å². The lowest BCUT2D eigenvalue weighted by Gasteiger charge is -2.12. The van der Waals surface area contributed by atoms with Crippen molar-refractivity contribution in [3.8, 4) is 5.75 Å². The largest absolute Gasteiger partial charge is 0.573 e. The molecule has 118 valence electrons. The molecule has 4 nitrogen and oxygen atoms in total. The van der Waals surface area contributed by atoms with E-state index in [1.165, 1.54) is 6.07 Å². The van der Waals surface area contributed by atoms with Gasteiger partial charge in [0, 0.05) is 0 Å². The van der Waals surface area contributed by atoms with E-state index < -0.39 is 12.5 Å². The van der Waals surface area contributed by atoms with Crippen LogP contribution in [-0.2, 0) is 0 Å². The molecule has 2 N–H and O–H groups in total. The number of hydrogen-bond donors (Lipinski definition) is 2. The standard InChI is InChI=1S/C12H12BrF3O.CH2O3/c1-11(2)6-8(11)7-3-4-10(9(13)5-7)17-12(14,15)16;2-1(3)4/h3-5,8H,6H2,1-2H3;(H2,2,3,4). The maximum atomic E-state index is 12.1. The number of rotatable bonds is 2. The minimum atomic E-state index is -4.65. The molecule has 0 saturated heterocycles. The summed E-state index contributed by atoms with van der Waals surface area (Å²) in [4.78, 5) is 8.56. The molecule has 1 unspecified atom stereocenters. The third kappa shape index (κ3) is 5.82. The van der Waals surface area contributed by atoms with Crippen LogP contribution in [0, 0.1) is 5.41 Å². The van der Waals surface area contributed by atoms with E-state index >= 15 is 0 Å². The summed E-state index contributed by atoms with van der Waals surface area (Å²) in [6, 6.07) is 4.77. The molecule has 0 amide bonds. The molecule has 8 heteroatoms. The first-order valence-corrected chi connectivity index (χ1v) is 6.69. The van der Waals surface area contributed by atoms with Crippen LogP contribution in [0.15, 0.2) is 22.7 Å². The smallest absolute Gasteiger partial charge is 0.450 e. The van der Waals surface area contributed by atoms with Crippen LogP contribution in [0.3, 0.4) is 0 Å². The predicted molar refractivity (Wildman–Crippen MR) is 72.6 cm³/mol. The van der Waals surface area contributed by atoms with Gasteiger partial charge in [-0.15, -0.1) is 13.2 Å². The molecular weight excluding hydrogens is 357 g/mol. The van der Waals surface area contributed by atoms with Crippen LogP contribution in [0.4, 0.5) is 18.0 Å². The average Bonchev–Trinajstić information content (AvgIpc) is 2.88. The molecular formula is C13H14BrF3O4. The van der Waals surface area contributed by atoms with Gasteiger partial charge in [0.2, 0.25) is 0 Å². The Kier molecular flexibility index (Phi) is 5.14. The lowest BCUT2D eigenvalue weighted by molar-refractivity contribution is -0.274. The quantitative estimate of drug-likeness (QED) is 0.761. The molecule has 0 aromatic heterocycles. The molecule has 1 aliphatic rings. The Labute approximate surface area is 127 Å². The molecule has 0 spiro atoms. The van der Waals surface area contributed by atoms with Gasteiger partial charge >= 0.3 is 12.5 Å². The fourth-order valence-corrected chi connectivity index (χ4v) is 2.45. The molecule has 0 bridgehead atoms. The predicted octanol–water partition coefficient (Wildman–Crippen LogP) is 5.08. The zero-order valence-corrected chi connectivity index (χ0v) is 12.8. The van der Waals surface area contributed by atoms with Crippen LogP contribution < -0.4 is 4.74 Å². The molecule has 1 aliphatic carbocycles. The van der Waals surface area contributed by atoms with E-state index in [0.717, 1.165) is 12.0 Å². The lowest BCUT2D eigenvalue weighted by atomic mass is 10.0. The second kappa shape index (κ2) is 6.13.